The van der Waals surface area contributed by atoms with Crippen LogP contribution in [-0.4, -0.2) is 35.1 Å². The smallest absolute Gasteiger partial charge is 0.242 e. The Morgan fingerprint density at radius 3 is 2.57 bits per heavy atom. The van der Waals surface area contributed by atoms with Gasteiger partial charge < -0.3 is 10.2 Å². The van der Waals surface area contributed by atoms with Gasteiger partial charge in [0.1, 0.15) is 11.9 Å². The molecule has 0 aliphatic rings. The normalized spacial score (nSPS) is 11.7. The molecule has 0 saturated heterocycles. The van der Waals surface area contributed by atoms with Crippen molar-refractivity contribution in [2.75, 3.05) is 12.3 Å². The maximum absolute atomic E-state index is 13.2. The van der Waals surface area contributed by atoms with Gasteiger partial charge in [-0.1, -0.05) is 49.2 Å². The minimum atomic E-state index is -0.619. The summed E-state index contributed by atoms with van der Waals surface area (Å²) in [6.07, 6.45) is 1.87. The summed E-state index contributed by atoms with van der Waals surface area (Å²) in [6.45, 7) is 4.61. The fourth-order valence-corrected chi connectivity index (χ4v) is 3.94. The van der Waals surface area contributed by atoms with Gasteiger partial charge in [-0.2, -0.15) is 0 Å². The van der Waals surface area contributed by atoms with Gasteiger partial charge in [-0.3, -0.25) is 9.59 Å². The fraction of sp³-hybridized carbons (Fsp3) is 0.391. The van der Waals surface area contributed by atoms with Crippen molar-refractivity contribution in [1.29, 1.82) is 0 Å². The molecule has 1 N–H and O–H groups in total. The molecule has 2 amide bonds. The highest BCUT2D eigenvalue weighted by Crippen LogP contribution is 2.18. The average Bonchev–Trinajstić information content (AvgIpc) is 2.73. The molecule has 0 heterocycles. The molecule has 0 aliphatic carbocycles. The van der Waals surface area contributed by atoms with Crippen molar-refractivity contribution in [3.63, 3.8) is 0 Å². The van der Waals surface area contributed by atoms with Crippen LogP contribution in [-0.2, 0) is 21.9 Å². The summed E-state index contributed by atoms with van der Waals surface area (Å²) >= 11 is 7.48. The number of rotatable bonds is 11. The van der Waals surface area contributed by atoms with E-state index < -0.39 is 6.04 Å². The van der Waals surface area contributed by atoms with E-state index >= 15 is 0 Å². The second-order valence-electron chi connectivity index (χ2n) is 7.09. The molecule has 2 aromatic carbocycles. The third kappa shape index (κ3) is 8.00. The molecule has 0 radical (unpaired) electrons. The lowest BCUT2D eigenvalue weighted by Crippen LogP contribution is -2.48. The van der Waals surface area contributed by atoms with E-state index in [1.165, 1.54) is 23.9 Å². The van der Waals surface area contributed by atoms with Crippen LogP contribution in [0.2, 0.25) is 5.02 Å². The van der Waals surface area contributed by atoms with Crippen molar-refractivity contribution < 1.29 is 14.0 Å². The van der Waals surface area contributed by atoms with Crippen LogP contribution in [0.4, 0.5) is 4.39 Å². The Hall–Kier alpha value is -2.05. The quantitative estimate of drug-likeness (QED) is 0.487. The molecule has 2 aromatic rings. The van der Waals surface area contributed by atoms with Gasteiger partial charge in [0.15, 0.2) is 0 Å². The van der Waals surface area contributed by atoms with Crippen LogP contribution in [0.25, 0.3) is 0 Å². The minimum Gasteiger partial charge on any atom is -0.354 e. The standard InChI is InChI=1S/C23H28ClFN2O2S/c1-3-4-12-26-23(29)17(2)27(14-18-8-10-21(25)11-9-18)22(28)16-30-15-19-6-5-7-20(24)13-19/h5-11,13,17H,3-4,12,14-16H2,1-2H3,(H,26,29)/t17-/m1/s1. The van der Waals surface area contributed by atoms with Crippen LogP contribution in [0.1, 0.15) is 37.8 Å². The van der Waals surface area contributed by atoms with Crippen LogP contribution in [0.3, 0.4) is 0 Å². The number of halogens is 2. The second kappa shape index (κ2) is 12.6. The van der Waals surface area contributed by atoms with Gasteiger partial charge in [0, 0.05) is 23.9 Å². The second-order valence-corrected chi connectivity index (χ2v) is 8.51. The maximum atomic E-state index is 13.2. The third-order valence-electron chi connectivity index (χ3n) is 4.65. The van der Waals surface area contributed by atoms with E-state index in [0.29, 0.717) is 17.3 Å². The molecule has 0 bridgehead atoms. The SMILES string of the molecule is CCCCNC(=O)[C@@H](C)N(Cc1ccc(F)cc1)C(=O)CSCc1cccc(Cl)c1. The lowest BCUT2D eigenvalue weighted by Gasteiger charge is -2.28. The molecule has 0 saturated carbocycles. The largest absolute Gasteiger partial charge is 0.354 e. The molecule has 0 aliphatic heterocycles. The van der Waals surface area contributed by atoms with E-state index in [4.69, 9.17) is 11.6 Å². The first-order valence-corrected chi connectivity index (χ1v) is 11.6. The number of unbranched alkanes of at least 4 members (excludes halogenated alkanes) is 1. The van der Waals surface area contributed by atoms with Gasteiger partial charge in [-0.15, -0.1) is 11.8 Å². The summed E-state index contributed by atoms with van der Waals surface area (Å²) < 4.78 is 13.2. The maximum Gasteiger partial charge on any atom is 0.242 e. The average molecular weight is 451 g/mol. The first-order chi connectivity index (χ1) is 14.4. The molecule has 4 nitrogen and oxygen atoms in total. The van der Waals surface area contributed by atoms with Crippen molar-refractivity contribution in [1.82, 2.24) is 10.2 Å². The van der Waals surface area contributed by atoms with Crippen molar-refractivity contribution in [3.8, 4) is 0 Å². The Labute approximate surface area is 187 Å². The molecule has 0 fully saturated rings. The number of nitrogens with zero attached hydrogens (tertiary/aromatic N) is 1. The van der Waals surface area contributed by atoms with Crippen LogP contribution in [0.5, 0.6) is 0 Å². The zero-order chi connectivity index (χ0) is 21.9. The Kier molecular flexibility index (Phi) is 10.2. The predicted octanol–water partition coefficient (Wildman–Crippen LogP) is 5.05. The zero-order valence-corrected chi connectivity index (χ0v) is 18.9. The van der Waals surface area contributed by atoms with E-state index in [1.807, 2.05) is 24.3 Å². The van der Waals surface area contributed by atoms with Crippen molar-refractivity contribution in [2.45, 2.75) is 45.0 Å². The van der Waals surface area contributed by atoms with Gasteiger partial charge in [0.05, 0.1) is 5.75 Å². The van der Waals surface area contributed by atoms with Crippen LogP contribution >= 0.6 is 23.4 Å². The van der Waals surface area contributed by atoms with E-state index in [2.05, 4.69) is 12.2 Å². The molecule has 30 heavy (non-hydrogen) atoms. The Bertz CT molecular complexity index is 832. The molecular formula is C23H28ClFN2O2S. The van der Waals surface area contributed by atoms with E-state index in [9.17, 15) is 14.0 Å². The van der Waals surface area contributed by atoms with E-state index in [0.717, 1.165) is 24.0 Å². The zero-order valence-electron chi connectivity index (χ0n) is 17.4. The Morgan fingerprint density at radius 1 is 1.17 bits per heavy atom. The Morgan fingerprint density at radius 2 is 1.90 bits per heavy atom. The number of amides is 2. The van der Waals surface area contributed by atoms with Crippen molar-refractivity contribution in [2.24, 2.45) is 0 Å². The third-order valence-corrected chi connectivity index (χ3v) is 5.87. The van der Waals surface area contributed by atoms with Gasteiger partial charge >= 0.3 is 0 Å². The number of carbonyl (C=O) groups excluding carboxylic acids is 2. The van der Waals surface area contributed by atoms with Gasteiger partial charge in [-0.25, -0.2) is 4.39 Å². The number of thioether (sulfide) groups is 1. The summed E-state index contributed by atoms with van der Waals surface area (Å²) in [4.78, 5) is 27.1. The van der Waals surface area contributed by atoms with Crippen molar-refractivity contribution >= 4 is 35.2 Å². The first kappa shape index (κ1) is 24.2. The van der Waals surface area contributed by atoms with Gasteiger partial charge in [0.2, 0.25) is 11.8 Å². The summed E-state index contributed by atoms with van der Waals surface area (Å²) in [6, 6.07) is 12.9. The summed E-state index contributed by atoms with van der Waals surface area (Å²) in [5, 5.41) is 3.55. The van der Waals surface area contributed by atoms with Gasteiger partial charge in [-0.05, 0) is 48.7 Å². The molecule has 0 unspecified atom stereocenters. The summed E-state index contributed by atoms with van der Waals surface area (Å²) in [5.74, 6) is 0.232. The van der Waals surface area contributed by atoms with Gasteiger partial charge in [0.25, 0.3) is 0 Å². The first-order valence-electron chi connectivity index (χ1n) is 10.0. The fourth-order valence-electron chi connectivity index (χ4n) is 2.87. The summed E-state index contributed by atoms with van der Waals surface area (Å²) in [7, 11) is 0. The highest BCUT2D eigenvalue weighted by molar-refractivity contribution is 7.99. The molecule has 0 spiro atoms. The molecule has 0 aromatic heterocycles. The lowest BCUT2D eigenvalue weighted by atomic mass is 10.1. The topological polar surface area (TPSA) is 49.4 Å². The van der Waals surface area contributed by atoms with E-state index in [1.54, 1.807) is 24.0 Å². The molecule has 1 atom stereocenters. The minimum absolute atomic E-state index is 0.135. The van der Waals surface area contributed by atoms with Crippen molar-refractivity contribution in [3.05, 3.63) is 70.5 Å². The number of hydrogen-bond acceptors (Lipinski definition) is 3. The molecule has 2 rings (SSSR count). The number of carbonyl (C=O) groups is 2. The van der Waals surface area contributed by atoms with Crippen LogP contribution in [0.15, 0.2) is 48.5 Å². The van der Waals surface area contributed by atoms with Crippen LogP contribution in [0, 0.1) is 5.82 Å². The molecule has 162 valence electrons. The lowest BCUT2D eigenvalue weighted by molar-refractivity contribution is -0.138. The summed E-state index contributed by atoms with van der Waals surface area (Å²) in [5.41, 5.74) is 1.81. The monoisotopic (exact) mass is 450 g/mol. The highest BCUT2D eigenvalue weighted by Gasteiger charge is 2.25. The van der Waals surface area contributed by atoms with E-state index in [-0.39, 0.29) is 29.9 Å². The number of benzene rings is 2. The molecule has 7 heteroatoms. The number of nitrogens with one attached hydrogen (secondary N) is 1. The predicted molar refractivity (Wildman–Crippen MR) is 122 cm³/mol. The Balaban J connectivity index is 2.03. The van der Waals surface area contributed by atoms with Crippen LogP contribution < -0.4 is 5.32 Å². The highest BCUT2D eigenvalue weighted by atomic mass is 35.5. The molecular weight excluding hydrogens is 423 g/mol. The number of hydrogen-bond donors (Lipinski definition) is 1.